The Morgan fingerprint density at radius 2 is 2.00 bits per heavy atom. The summed E-state index contributed by atoms with van der Waals surface area (Å²) in [6.07, 6.45) is 2.56. The summed E-state index contributed by atoms with van der Waals surface area (Å²) in [6, 6.07) is 13.5. The van der Waals surface area contributed by atoms with Gasteiger partial charge in [-0.1, -0.05) is 42.4 Å². The molecule has 8 nitrogen and oxygen atoms in total. The van der Waals surface area contributed by atoms with Crippen LogP contribution in [0, 0.1) is 6.92 Å². The van der Waals surface area contributed by atoms with Gasteiger partial charge in [0.15, 0.2) is 17.3 Å². The number of hydrogen-bond donors (Lipinski definition) is 1. The van der Waals surface area contributed by atoms with Crippen LogP contribution in [0.2, 0.25) is 0 Å². The molecule has 3 aromatic heterocycles. The number of hydrogen-bond acceptors (Lipinski definition) is 6. The third kappa shape index (κ3) is 3.36. The zero-order valence-corrected chi connectivity index (χ0v) is 15.7. The van der Waals surface area contributed by atoms with Gasteiger partial charge in [0.05, 0.1) is 18.0 Å². The molecule has 4 aromatic rings. The molecule has 0 saturated heterocycles. The van der Waals surface area contributed by atoms with Crippen LogP contribution >= 0.6 is 0 Å². The number of aromatic nitrogens is 5. The highest BCUT2D eigenvalue weighted by Gasteiger charge is 2.20. The van der Waals surface area contributed by atoms with E-state index in [1.807, 2.05) is 60.0 Å². The molecule has 1 atom stereocenters. The van der Waals surface area contributed by atoms with E-state index < -0.39 is 0 Å². The lowest BCUT2D eigenvalue weighted by molar-refractivity contribution is -0.122. The van der Waals surface area contributed by atoms with E-state index in [1.165, 1.54) is 0 Å². The molecule has 1 aromatic carbocycles. The predicted molar refractivity (Wildman–Crippen MR) is 102 cm³/mol. The second kappa shape index (κ2) is 7.59. The number of nitrogens with one attached hydrogen (secondary N) is 1. The predicted octanol–water partition coefficient (Wildman–Crippen LogP) is 2.90. The van der Waals surface area contributed by atoms with Gasteiger partial charge in [0, 0.05) is 6.20 Å². The lowest BCUT2D eigenvalue weighted by Gasteiger charge is -2.15. The molecule has 4 rings (SSSR count). The monoisotopic (exact) mass is 376 g/mol. The van der Waals surface area contributed by atoms with Crippen molar-refractivity contribution in [2.45, 2.75) is 32.7 Å². The zero-order valence-electron chi connectivity index (χ0n) is 15.7. The van der Waals surface area contributed by atoms with Gasteiger partial charge in [0.1, 0.15) is 0 Å². The molecule has 142 valence electrons. The topological polar surface area (TPSA) is 98.2 Å². The summed E-state index contributed by atoms with van der Waals surface area (Å²) in [5, 5.41) is 15.3. The number of aryl methyl sites for hydroxylation is 1. The highest BCUT2D eigenvalue weighted by molar-refractivity contribution is 5.83. The number of pyridine rings is 1. The minimum absolute atomic E-state index is 0.0332. The lowest BCUT2D eigenvalue weighted by Crippen LogP contribution is -2.29. The minimum atomic E-state index is -0.197. The van der Waals surface area contributed by atoms with Crippen molar-refractivity contribution in [1.82, 2.24) is 30.1 Å². The maximum Gasteiger partial charge on any atom is 0.261 e. The molecule has 0 bridgehead atoms. The average molecular weight is 376 g/mol. The van der Waals surface area contributed by atoms with Crippen LogP contribution in [0.25, 0.3) is 17.1 Å². The largest absolute Gasteiger partial charge is 0.348 e. The Morgan fingerprint density at radius 1 is 1.18 bits per heavy atom. The van der Waals surface area contributed by atoms with E-state index in [0.717, 1.165) is 12.0 Å². The van der Waals surface area contributed by atoms with Gasteiger partial charge >= 0.3 is 0 Å². The second-order valence-electron chi connectivity index (χ2n) is 6.47. The van der Waals surface area contributed by atoms with Crippen LogP contribution in [-0.2, 0) is 11.3 Å². The van der Waals surface area contributed by atoms with Gasteiger partial charge in [-0.2, -0.15) is 4.98 Å². The van der Waals surface area contributed by atoms with Crippen molar-refractivity contribution in [2.75, 3.05) is 0 Å². The third-order valence-corrected chi connectivity index (χ3v) is 4.61. The van der Waals surface area contributed by atoms with E-state index in [4.69, 9.17) is 4.52 Å². The molecular weight excluding hydrogens is 356 g/mol. The van der Waals surface area contributed by atoms with Crippen LogP contribution in [-0.4, -0.2) is 30.6 Å². The van der Waals surface area contributed by atoms with E-state index in [-0.39, 0.29) is 18.4 Å². The van der Waals surface area contributed by atoms with Crippen molar-refractivity contribution in [3.8, 4) is 11.5 Å². The molecule has 8 heteroatoms. The average Bonchev–Trinajstić information content (AvgIpc) is 3.34. The summed E-state index contributed by atoms with van der Waals surface area (Å²) in [5.41, 5.74) is 2.30. The summed E-state index contributed by atoms with van der Waals surface area (Å²) >= 11 is 0. The van der Waals surface area contributed by atoms with E-state index in [2.05, 4.69) is 25.7 Å². The first kappa shape index (κ1) is 17.8. The zero-order chi connectivity index (χ0) is 19.5. The van der Waals surface area contributed by atoms with Crippen LogP contribution < -0.4 is 5.32 Å². The molecule has 0 aliphatic heterocycles. The summed E-state index contributed by atoms with van der Waals surface area (Å²) in [5.74, 6) is 1.34. The van der Waals surface area contributed by atoms with Gasteiger partial charge in [0.25, 0.3) is 5.89 Å². The molecule has 3 heterocycles. The van der Waals surface area contributed by atoms with Crippen LogP contribution in [0.15, 0.2) is 53.2 Å². The number of benzene rings is 1. The second-order valence-corrected chi connectivity index (χ2v) is 6.47. The Labute approximate surface area is 161 Å². The third-order valence-electron chi connectivity index (χ3n) is 4.61. The molecule has 0 aliphatic rings. The van der Waals surface area contributed by atoms with Crippen molar-refractivity contribution in [3.05, 3.63) is 65.9 Å². The van der Waals surface area contributed by atoms with Gasteiger partial charge in [-0.25, -0.2) is 0 Å². The minimum Gasteiger partial charge on any atom is -0.348 e. The fraction of sp³-hybridized carbons (Fsp3) is 0.250. The standard InChI is InChI=1S/C20H20N6O2/c1-3-15(14-8-5-4-6-9-14)19(27)21-12-17-23-24-18-16(10-7-11-26(17)18)20-22-13(2)25-28-20/h4-11,15H,3,12H2,1-2H3,(H,21,27). The number of amides is 1. The van der Waals surface area contributed by atoms with Crippen molar-refractivity contribution >= 4 is 11.6 Å². The smallest absolute Gasteiger partial charge is 0.261 e. The van der Waals surface area contributed by atoms with E-state index in [1.54, 1.807) is 6.92 Å². The number of nitrogens with zero attached hydrogens (tertiary/aromatic N) is 5. The van der Waals surface area contributed by atoms with Crippen LogP contribution in [0.4, 0.5) is 0 Å². The van der Waals surface area contributed by atoms with Gasteiger partial charge < -0.3 is 9.84 Å². The van der Waals surface area contributed by atoms with E-state index in [0.29, 0.717) is 28.8 Å². The summed E-state index contributed by atoms with van der Waals surface area (Å²) < 4.78 is 7.07. The first-order valence-electron chi connectivity index (χ1n) is 9.13. The van der Waals surface area contributed by atoms with E-state index >= 15 is 0 Å². The summed E-state index contributed by atoms with van der Waals surface area (Å²) in [7, 11) is 0. The van der Waals surface area contributed by atoms with Crippen molar-refractivity contribution in [2.24, 2.45) is 0 Å². The van der Waals surface area contributed by atoms with Gasteiger partial charge in [-0.05, 0) is 31.0 Å². The summed E-state index contributed by atoms with van der Waals surface area (Å²) in [6.45, 7) is 4.03. The number of fused-ring (bicyclic) bond motifs is 1. The maximum atomic E-state index is 12.7. The van der Waals surface area contributed by atoms with Crippen molar-refractivity contribution in [3.63, 3.8) is 0 Å². The molecule has 0 aliphatic carbocycles. The molecule has 1 unspecified atom stereocenters. The molecule has 28 heavy (non-hydrogen) atoms. The first-order chi connectivity index (χ1) is 13.7. The summed E-state index contributed by atoms with van der Waals surface area (Å²) in [4.78, 5) is 16.9. The van der Waals surface area contributed by atoms with Crippen LogP contribution in [0.3, 0.4) is 0 Å². The first-order valence-corrected chi connectivity index (χ1v) is 9.13. The normalized spacial score (nSPS) is 12.2. The highest BCUT2D eigenvalue weighted by Crippen LogP contribution is 2.22. The number of carbonyl (C=O) groups excluding carboxylic acids is 1. The van der Waals surface area contributed by atoms with Gasteiger partial charge in [-0.15, -0.1) is 10.2 Å². The SMILES string of the molecule is CCC(C(=O)NCc1nnc2c(-c3nc(C)no3)cccn12)c1ccccc1. The Kier molecular flexibility index (Phi) is 4.84. The lowest BCUT2D eigenvalue weighted by atomic mass is 9.96. The molecule has 0 saturated carbocycles. The van der Waals surface area contributed by atoms with Crippen molar-refractivity contribution < 1.29 is 9.32 Å². The Balaban J connectivity index is 1.55. The molecule has 1 amide bonds. The Hall–Kier alpha value is -3.55. The maximum absolute atomic E-state index is 12.7. The Morgan fingerprint density at radius 3 is 2.71 bits per heavy atom. The molecular formula is C20H20N6O2. The van der Waals surface area contributed by atoms with Gasteiger partial charge in [0.2, 0.25) is 5.91 Å². The van der Waals surface area contributed by atoms with Crippen LogP contribution in [0.1, 0.15) is 36.5 Å². The fourth-order valence-electron chi connectivity index (χ4n) is 3.20. The van der Waals surface area contributed by atoms with E-state index in [9.17, 15) is 4.79 Å². The number of rotatable bonds is 6. The highest BCUT2D eigenvalue weighted by atomic mass is 16.5. The quantitative estimate of drug-likeness (QED) is 0.556. The Bertz CT molecular complexity index is 1100. The molecule has 0 radical (unpaired) electrons. The van der Waals surface area contributed by atoms with Crippen molar-refractivity contribution in [1.29, 1.82) is 0 Å². The van der Waals surface area contributed by atoms with Crippen LogP contribution in [0.5, 0.6) is 0 Å². The molecule has 0 fully saturated rings. The number of carbonyl (C=O) groups is 1. The van der Waals surface area contributed by atoms with Gasteiger partial charge in [-0.3, -0.25) is 9.20 Å². The molecule has 1 N–H and O–H groups in total. The molecule has 0 spiro atoms. The fourth-order valence-corrected chi connectivity index (χ4v) is 3.20.